The van der Waals surface area contributed by atoms with Crippen LogP contribution >= 0.6 is 0 Å². The first-order valence-electron chi connectivity index (χ1n) is 11.3. The number of amides is 2. The van der Waals surface area contributed by atoms with Crippen molar-refractivity contribution in [3.8, 4) is 0 Å². The number of likely N-dealkylation sites (tertiary alicyclic amines) is 1. The van der Waals surface area contributed by atoms with Gasteiger partial charge in [-0.15, -0.1) is 0 Å². The van der Waals surface area contributed by atoms with Gasteiger partial charge in [0.05, 0.1) is 13.2 Å². The van der Waals surface area contributed by atoms with E-state index in [1.165, 1.54) is 5.56 Å². The van der Waals surface area contributed by atoms with Crippen molar-refractivity contribution < 1.29 is 14.1 Å². The molecule has 32 heavy (non-hydrogen) atoms. The van der Waals surface area contributed by atoms with E-state index in [9.17, 15) is 4.79 Å². The summed E-state index contributed by atoms with van der Waals surface area (Å²) in [5.41, 5.74) is 2.34. The number of piperidine rings is 1. The zero-order valence-electron chi connectivity index (χ0n) is 18.3. The number of nitrogens with zero attached hydrogens (tertiary/aromatic N) is 3. The molecule has 1 aromatic heterocycles. The molecule has 4 rings (SSSR count). The van der Waals surface area contributed by atoms with Gasteiger partial charge in [-0.2, -0.15) is 4.98 Å². The zero-order chi connectivity index (χ0) is 22.0. The summed E-state index contributed by atoms with van der Waals surface area (Å²) < 4.78 is 11.3. The molecule has 1 fully saturated rings. The van der Waals surface area contributed by atoms with Crippen molar-refractivity contribution in [3.05, 3.63) is 83.5 Å². The minimum Gasteiger partial charge on any atom is -0.376 e. The molecule has 2 amide bonds. The predicted octanol–water partition coefficient (Wildman–Crippen LogP) is 4.31. The van der Waals surface area contributed by atoms with Gasteiger partial charge in [0.25, 0.3) is 0 Å². The Hall–Kier alpha value is -3.19. The van der Waals surface area contributed by atoms with Crippen LogP contribution in [0.15, 0.2) is 65.2 Å². The maximum atomic E-state index is 12.8. The highest BCUT2D eigenvalue weighted by Crippen LogP contribution is 2.29. The van der Waals surface area contributed by atoms with Gasteiger partial charge in [-0.25, -0.2) is 4.79 Å². The van der Waals surface area contributed by atoms with Crippen LogP contribution in [0.3, 0.4) is 0 Å². The van der Waals surface area contributed by atoms with Crippen LogP contribution in [-0.2, 0) is 24.2 Å². The van der Waals surface area contributed by atoms with Crippen LogP contribution in [-0.4, -0.2) is 40.8 Å². The smallest absolute Gasteiger partial charge is 0.318 e. The Bertz CT molecular complexity index is 962. The average molecular weight is 435 g/mol. The summed E-state index contributed by atoms with van der Waals surface area (Å²) in [6.07, 6.45) is 4.23. The van der Waals surface area contributed by atoms with Gasteiger partial charge in [0, 0.05) is 19.5 Å². The molecule has 1 aliphatic rings. The lowest BCUT2D eigenvalue weighted by molar-refractivity contribution is 0.122. The summed E-state index contributed by atoms with van der Waals surface area (Å²) in [6.45, 7) is 2.37. The average Bonchev–Trinajstić information content (AvgIpc) is 3.32. The molecule has 0 aliphatic carbocycles. The maximum Gasteiger partial charge on any atom is 0.318 e. The summed E-state index contributed by atoms with van der Waals surface area (Å²) >= 11 is 0. The fourth-order valence-corrected chi connectivity index (χ4v) is 3.92. The van der Waals surface area contributed by atoms with Crippen molar-refractivity contribution in [2.45, 2.75) is 44.8 Å². The van der Waals surface area contributed by atoms with Crippen LogP contribution in [0.5, 0.6) is 0 Å². The number of aromatic nitrogens is 2. The number of hydrogen-bond acceptors (Lipinski definition) is 5. The van der Waals surface area contributed by atoms with Gasteiger partial charge in [0.2, 0.25) is 5.89 Å². The van der Waals surface area contributed by atoms with E-state index in [0.29, 0.717) is 44.4 Å². The minimum atomic E-state index is -0.174. The van der Waals surface area contributed by atoms with Crippen molar-refractivity contribution in [2.24, 2.45) is 0 Å². The van der Waals surface area contributed by atoms with E-state index < -0.39 is 0 Å². The third kappa shape index (κ3) is 6.17. The normalized spacial score (nSPS) is 16.1. The molecule has 0 bridgehead atoms. The molecule has 2 heterocycles. The predicted molar refractivity (Wildman–Crippen MR) is 121 cm³/mol. The number of carbonyl (C=O) groups is 1. The molecular weight excluding hydrogens is 404 g/mol. The van der Waals surface area contributed by atoms with Crippen molar-refractivity contribution in [3.63, 3.8) is 0 Å². The lowest BCUT2D eigenvalue weighted by Crippen LogP contribution is -2.45. The van der Waals surface area contributed by atoms with Crippen molar-refractivity contribution in [2.75, 3.05) is 19.7 Å². The summed E-state index contributed by atoms with van der Waals surface area (Å²) in [5.74, 6) is 1.13. The molecular formula is C25H30N4O3. The van der Waals surface area contributed by atoms with E-state index in [0.717, 1.165) is 31.2 Å². The highest BCUT2D eigenvalue weighted by molar-refractivity contribution is 5.74. The number of hydrogen-bond donors (Lipinski definition) is 1. The van der Waals surface area contributed by atoms with E-state index in [2.05, 4.69) is 27.6 Å². The number of urea groups is 1. The quantitative estimate of drug-likeness (QED) is 0.508. The Morgan fingerprint density at radius 2 is 1.78 bits per heavy atom. The number of carbonyl (C=O) groups excluding carboxylic acids is 1. The molecule has 3 aromatic rings. The largest absolute Gasteiger partial charge is 0.376 e. The zero-order valence-corrected chi connectivity index (χ0v) is 18.3. The number of rotatable bonds is 9. The molecule has 7 nitrogen and oxygen atoms in total. The highest BCUT2D eigenvalue weighted by atomic mass is 16.5. The third-order valence-corrected chi connectivity index (χ3v) is 5.65. The Kier molecular flexibility index (Phi) is 7.87. The first-order chi connectivity index (χ1) is 15.8. The fourth-order valence-electron chi connectivity index (χ4n) is 3.92. The van der Waals surface area contributed by atoms with E-state index in [1.807, 2.05) is 53.4 Å². The molecule has 1 atom stereocenters. The van der Waals surface area contributed by atoms with Gasteiger partial charge in [-0.3, -0.25) is 0 Å². The topological polar surface area (TPSA) is 80.5 Å². The summed E-state index contributed by atoms with van der Waals surface area (Å²) in [6, 6.07) is 20.0. The van der Waals surface area contributed by atoms with Gasteiger partial charge in [0.1, 0.15) is 6.04 Å². The Morgan fingerprint density at radius 1 is 1.03 bits per heavy atom. The second-order valence-corrected chi connectivity index (χ2v) is 8.01. The van der Waals surface area contributed by atoms with Gasteiger partial charge in [-0.05, 0) is 36.8 Å². The molecule has 168 valence electrons. The van der Waals surface area contributed by atoms with Crippen LogP contribution in [0.4, 0.5) is 4.79 Å². The van der Waals surface area contributed by atoms with Crippen molar-refractivity contribution in [1.29, 1.82) is 0 Å². The van der Waals surface area contributed by atoms with E-state index >= 15 is 0 Å². The molecule has 0 spiro atoms. The fraction of sp³-hybridized carbons (Fsp3) is 0.400. The Balaban J connectivity index is 1.26. The van der Waals surface area contributed by atoms with Crippen LogP contribution in [0.1, 0.15) is 48.1 Å². The molecule has 0 radical (unpaired) electrons. The Morgan fingerprint density at radius 3 is 2.56 bits per heavy atom. The summed E-state index contributed by atoms with van der Waals surface area (Å²) in [7, 11) is 0. The van der Waals surface area contributed by atoms with E-state index in [1.54, 1.807) is 0 Å². The second-order valence-electron chi connectivity index (χ2n) is 8.01. The maximum absolute atomic E-state index is 12.8. The lowest BCUT2D eigenvalue weighted by atomic mass is 10.0. The van der Waals surface area contributed by atoms with E-state index in [4.69, 9.17) is 9.26 Å². The minimum absolute atomic E-state index is 0.0726. The number of nitrogens with one attached hydrogen (secondary N) is 1. The standard InChI is InChI=1S/C25H30N4O3/c30-25(26-16-14-20-9-3-1-4-10-20)29-17-8-7-13-22(29)24-27-23(28-32-24)15-18-31-19-21-11-5-2-6-12-21/h1-6,9-12,22H,7-8,13-19H2,(H,26,30). The lowest BCUT2D eigenvalue weighted by Gasteiger charge is -2.33. The van der Waals surface area contributed by atoms with Crippen molar-refractivity contribution >= 4 is 6.03 Å². The molecule has 7 heteroatoms. The summed E-state index contributed by atoms with van der Waals surface area (Å²) in [5, 5.41) is 7.15. The molecule has 1 N–H and O–H groups in total. The SMILES string of the molecule is O=C(NCCc1ccccc1)N1CCCCC1c1nc(CCOCc2ccccc2)no1. The second kappa shape index (κ2) is 11.4. The van der Waals surface area contributed by atoms with Crippen LogP contribution < -0.4 is 5.32 Å². The molecule has 1 unspecified atom stereocenters. The molecule has 2 aromatic carbocycles. The van der Waals surface area contributed by atoms with Gasteiger partial charge in [0.15, 0.2) is 5.82 Å². The number of benzene rings is 2. The van der Waals surface area contributed by atoms with Crippen LogP contribution in [0, 0.1) is 0 Å². The monoisotopic (exact) mass is 434 g/mol. The van der Waals surface area contributed by atoms with E-state index in [-0.39, 0.29) is 12.1 Å². The molecule has 1 saturated heterocycles. The highest BCUT2D eigenvalue weighted by Gasteiger charge is 2.32. The molecule has 0 saturated carbocycles. The third-order valence-electron chi connectivity index (χ3n) is 5.65. The van der Waals surface area contributed by atoms with Gasteiger partial charge < -0.3 is 19.5 Å². The number of ether oxygens (including phenoxy) is 1. The van der Waals surface area contributed by atoms with Crippen LogP contribution in [0.25, 0.3) is 0 Å². The first kappa shape index (κ1) is 22.0. The molecule has 1 aliphatic heterocycles. The Labute approximate surface area is 188 Å². The van der Waals surface area contributed by atoms with Crippen LogP contribution in [0.2, 0.25) is 0 Å². The van der Waals surface area contributed by atoms with Gasteiger partial charge in [-0.1, -0.05) is 65.8 Å². The first-order valence-corrected chi connectivity index (χ1v) is 11.3. The summed E-state index contributed by atoms with van der Waals surface area (Å²) in [4.78, 5) is 19.2. The van der Waals surface area contributed by atoms with Gasteiger partial charge >= 0.3 is 6.03 Å². The van der Waals surface area contributed by atoms with Crippen molar-refractivity contribution in [1.82, 2.24) is 20.4 Å².